The second kappa shape index (κ2) is 44.3. The van der Waals surface area contributed by atoms with Crippen molar-refractivity contribution in [3.05, 3.63) is 36.5 Å². The number of carbonyl (C=O) groups is 3. The molecule has 6 heteroatoms. The van der Waals surface area contributed by atoms with Gasteiger partial charge in [0.15, 0.2) is 6.10 Å². The summed E-state index contributed by atoms with van der Waals surface area (Å²) in [6, 6.07) is 0. The first-order valence-corrected chi connectivity index (χ1v) is 23.5. The summed E-state index contributed by atoms with van der Waals surface area (Å²) in [6.07, 6.45) is 49.8. The molecule has 0 saturated heterocycles. The Labute approximate surface area is 340 Å². The predicted molar refractivity (Wildman–Crippen MR) is 233 cm³/mol. The third-order valence-corrected chi connectivity index (χ3v) is 10.2. The number of unbranched alkanes of at least 4 members (excludes halogenated alkanes) is 25. The topological polar surface area (TPSA) is 78.9 Å². The molecule has 0 bridgehead atoms. The molecule has 6 nitrogen and oxygen atoms in total. The fourth-order valence-electron chi connectivity index (χ4n) is 6.63. The molecule has 0 unspecified atom stereocenters. The van der Waals surface area contributed by atoms with Crippen LogP contribution in [0.25, 0.3) is 0 Å². The van der Waals surface area contributed by atoms with Gasteiger partial charge in [-0.25, -0.2) is 0 Å². The van der Waals surface area contributed by atoms with Crippen LogP contribution >= 0.6 is 0 Å². The van der Waals surface area contributed by atoms with E-state index in [-0.39, 0.29) is 31.1 Å². The highest BCUT2D eigenvalue weighted by Gasteiger charge is 2.19. The Morgan fingerprint density at radius 2 is 0.709 bits per heavy atom. The molecular formula is C49H88O6. The minimum Gasteiger partial charge on any atom is -0.462 e. The van der Waals surface area contributed by atoms with Crippen LogP contribution in [0.5, 0.6) is 0 Å². The Bertz CT molecular complexity index is 896. The zero-order chi connectivity index (χ0) is 40.1. The highest BCUT2D eigenvalue weighted by atomic mass is 16.6. The molecule has 0 aromatic heterocycles. The van der Waals surface area contributed by atoms with Crippen LogP contribution in [0, 0.1) is 0 Å². The van der Waals surface area contributed by atoms with E-state index in [1.807, 2.05) is 0 Å². The summed E-state index contributed by atoms with van der Waals surface area (Å²) >= 11 is 0. The van der Waals surface area contributed by atoms with Gasteiger partial charge in [0.2, 0.25) is 0 Å². The summed E-state index contributed by atoms with van der Waals surface area (Å²) in [5.41, 5.74) is 0. The molecule has 0 rings (SSSR count). The number of carbonyl (C=O) groups excluding carboxylic acids is 3. The highest BCUT2D eigenvalue weighted by molar-refractivity contribution is 5.71. The Kier molecular flexibility index (Phi) is 42.4. The van der Waals surface area contributed by atoms with E-state index in [9.17, 15) is 14.4 Å². The van der Waals surface area contributed by atoms with Crippen LogP contribution in [0.4, 0.5) is 0 Å². The minimum absolute atomic E-state index is 0.0758. The Morgan fingerprint density at radius 3 is 1.11 bits per heavy atom. The Morgan fingerprint density at radius 1 is 0.382 bits per heavy atom. The van der Waals surface area contributed by atoms with Crippen LogP contribution in [0.2, 0.25) is 0 Å². The number of hydrogen-bond acceptors (Lipinski definition) is 6. The molecule has 0 heterocycles. The van der Waals surface area contributed by atoms with Crippen molar-refractivity contribution in [1.29, 1.82) is 0 Å². The van der Waals surface area contributed by atoms with Crippen LogP contribution in [0.15, 0.2) is 36.5 Å². The molecule has 0 saturated carbocycles. The van der Waals surface area contributed by atoms with Crippen LogP contribution in [-0.2, 0) is 28.6 Å². The van der Waals surface area contributed by atoms with E-state index in [4.69, 9.17) is 14.2 Å². The lowest BCUT2D eigenvalue weighted by Gasteiger charge is -2.18. The van der Waals surface area contributed by atoms with Crippen molar-refractivity contribution in [2.45, 2.75) is 245 Å². The highest BCUT2D eigenvalue weighted by Crippen LogP contribution is 2.15. The van der Waals surface area contributed by atoms with E-state index < -0.39 is 6.10 Å². The maximum absolute atomic E-state index is 12.7. The van der Waals surface area contributed by atoms with E-state index in [0.29, 0.717) is 19.3 Å². The summed E-state index contributed by atoms with van der Waals surface area (Å²) in [5.74, 6) is -0.889. The largest absolute Gasteiger partial charge is 0.462 e. The van der Waals surface area contributed by atoms with Gasteiger partial charge in [-0.1, -0.05) is 205 Å². The molecule has 0 aromatic carbocycles. The zero-order valence-electron chi connectivity index (χ0n) is 36.4. The normalized spacial score (nSPS) is 11.8. The standard InChI is InChI=1S/C49H88O6/c1-4-7-10-13-16-19-22-23-24-25-28-31-34-37-40-43-49(52)55-46(44-53-47(50)41-38-35-32-29-26-20-17-14-11-8-5-2)45-54-48(51)42-39-36-33-30-27-21-18-15-12-9-6-3/h7,10,16,19,23-24,46H,4-6,8-9,11-15,17-18,20-22,25-45H2,1-3H3/b10-7-,19-16-,24-23-. The molecule has 0 N–H and O–H groups in total. The van der Waals surface area contributed by atoms with Crippen molar-refractivity contribution in [2.75, 3.05) is 13.2 Å². The molecule has 0 amide bonds. The molecule has 55 heavy (non-hydrogen) atoms. The molecule has 0 aliphatic carbocycles. The number of allylic oxidation sites excluding steroid dienone is 6. The van der Waals surface area contributed by atoms with Crippen molar-refractivity contribution >= 4 is 17.9 Å². The van der Waals surface area contributed by atoms with Gasteiger partial charge in [-0.2, -0.15) is 0 Å². The number of rotatable bonds is 42. The molecular weight excluding hydrogens is 685 g/mol. The maximum Gasteiger partial charge on any atom is 0.306 e. The van der Waals surface area contributed by atoms with Gasteiger partial charge in [0.25, 0.3) is 0 Å². The van der Waals surface area contributed by atoms with E-state index >= 15 is 0 Å². The van der Waals surface area contributed by atoms with E-state index in [1.165, 1.54) is 103 Å². The first-order valence-electron chi connectivity index (χ1n) is 23.5. The molecule has 0 aliphatic heterocycles. The van der Waals surface area contributed by atoms with Crippen LogP contribution < -0.4 is 0 Å². The van der Waals surface area contributed by atoms with Gasteiger partial charge in [0.05, 0.1) is 0 Å². The zero-order valence-corrected chi connectivity index (χ0v) is 36.4. The molecule has 0 fully saturated rings. The van der Waals surface area contributed by atoms with Crippen molar-refractivity contribution in [1.82, 2.24) is 0 Å². The smallest absolute Gasteiger partial charge is 0.306 e. The third-order valence-electron chi connectivity index (χ3n) is 10.2. The quantitative estimate of drug-likeness (QED) is 0.0266. The van der Waals surface area contributed by atoms with Gasteiger partial charge in [0, 0.05) is 19.3 Å². The molecule has 0 radical (unpaired) electrons. The van der Waals surface area contributed by atoms with E-state index in [0.717, 1.165) is 96.3 Å². The Balaban J connectivity index is 4.38. The summed E-state index contributed by atoms with van der Waals surface area (Å²) in [5, 5.41) is 0. The average molecular weight is 773 g/mol. The lowest BCUT2D eigenvalue weighted by Crippen LogP contribution is -2.30. The third kappa shape index (κ3) is 42.6. The molecule has 0 spiro atoms. The fourth-order valence-corrected chi connectivity index (χ4v) is 6.63. The molecule has 320 valence electrons. The second-order valence-electron chi connectivity index (χ2n) is 15.6. The van der Waals surface area contributed by atoms with E-state index in [1.54, 1.807) is 0 Å². The van der Waals surface area contributed by atoms with Crippen molar-refractivity contribution in [3.63, 3.8) is 0 Å². The average Bonchev–Trinajstić information content (AvgIpc) is 3.18. The van der Waals surface area contributed by atoms with Gasteiger partial charge < -0.3 is 14.2 Å². The fraction of sp³-hybridized carbons (Fsp3) is 0.816. The van der Waals surface area contributed by atoms with E-state index in [2.05, 4.69) is 57.2 Å². The van der Waals surface area contributed by atoms with Gasteiger partial charge >= 0.3 is 17.9 Å². The molecule has 0 atom stereocenters. The van der Waals surface area contributed by atoms with Gasteiger partial charge in [0.1, 0.15) is 13.2 Å². The summed E-state index contributed by atoms with van der Waals surface area (Å²) in [7, 11) is 0. The number of ether oxygens (including phenoxy) is 3. The number of hydrogen-bond donors (Lipinski definition) is 0. The van der Waals surface area contributed by atoms with Gasteiger partial charge in [-0.15, -0.1) is 0 Å². The van der Waals surface area contributed by atoms with Crippen molar-refractivity contribution in [2.24, 2.45) is 0 Å². The second-order valence-corrected chi connectivity index (χ2v) is 15.6. The Hall–Kier alpha value is -2.37. The number of esters is 3. The van der Waals surface area contributed by atoms with Gasteiger partial charge in [-0.3, -0.25) is 14.4 Å². The monoisotopic (exact) mass is 773 g/mol. The van der Waals surface area contributed by atoms with Crippen LogP contribution in [0.3, 0.4) is 0 Å². The molecule has 0 aromatic rings. The molecule has 0 aliphatic rings. The maximum atomic E-state index is 12.7. The van der Waals surface area contributed by atoms with Crippen molar-refractivity contribution in [3.8, 4) is 0 Å². The summed E-state index contributed by atoms with van der Waals surface area (Å²) in [6.45, 7) is 6.50. The minimum atomic E-state index is -0.774. The van der Waals surface area contributed by atoms with Gasteiger partial charge in [-0.05, 0) is 51.4 Å². The van der Waals surface area contributed by atoms with Crippen molar-refractivity contribution < 1.29 is 28.6 Å². The predicted octanol–water partition coefficient (Wildman–Crippen LogP) is 15.0. The SMILES string of the molecule is CC/C=C\C/C=C\C/C=C\CCCCCCCC(=O)OC(COC(=O)CCCCCCCCCCCCC)COC(=O)CCCCCCCCCCCCC. The first-order chi connectivity index (χ1) is 27.0. The summed E-state index contributed by atoms with van der Waals surface area (Å²) < 4.78 is 16.7. The van der Waals surface area contributed by atoms with Crippen LogP contribution in [0.1, 0.15) is 239 Å². The van der Waals surface area contributed by atoms with Crippen LogP contribution in [-0.4, -0.2) is 37.2 Å². The first kappa shape index (κ1) is 52.6. The summed E-state index contributed by atoms with van der Waals surface area (Å²) in [4.78, 5) is 37.7. The lowest BCUT2D eigenvalue weighted by molar-refractivity contribution is -0.167. The lowest BCUT2D eigenvalue weighted by atomic mass is 10.1.